The Bertz CT molecular complexity index is 732. The minimum atomic E-state index is -1.38. The number of hydrogen-bond acceptors (Lipinski definition) is 6. The van der Waals surface area contributed by atoms with Crippen LogP contribution in [-0.4, -0.2) is 30.1 Å². The van der Waals surface area contributed by atoms with Gasteiger partial charge in [0.1, 0.15) is 18.3 Å². The first-order valence-corrected chi connectivity index (χ1v) is 7.05. The van der Waals surface area contributed by atoms with Gasteiger partial charge in [0, 0.05) is 10.6 Å². The lowest BCUT2D eigenvalue weighted by Crippen LogP contribution is -2.37. The quantitative estimate of drug-likeness (QED) is 0.773. The number of nitrogens with zero attached hydrogens (tertiary/aromatic N) is 5. The number of benzene rings is 1. The van der Waals surface area contributed by atoms with Crippen LogP contribution in [0.3, 0.4) is 0 Å². The molecule has 0 radical (unpaired) electrons. The molecule has 0 saturated heterocycles. The Hall–Kier alpha value is -2.25. The highest BCUT2D eigenvalue weighted by Crippen LogP contribution is 2.40. The van der Waals surface area contributed by atoms with Crippen molar-refractivity contribution in [3.05, 3.63) is 59.8 Å². The van der Waals surface area contributed by atoms with E-state index in [2.05, 4.69) is 20.3 Å². The van der Waals surface area contributed by atoms with Gasteiger partial charge in [-0.3, -0.25) is 0 Å². The molecule has 22 heavy (non-hydrogen) atoms. The van der Waals surface area contributed by atoms with Gasteiger partial charge in [-0.15, -0.1) is 10.2 Å². The molecule has 0 saturated carbocycles. The molecule has 1 N–H and O–H groups in total. The van der Waals surface area contributed by atoms with E-state index in [1.165, 1.54) is 23.7 Å². The maximum absolute atomic E-state index is 11.4. The molecule has 2 aromatic heterocycles. The third kappa shape index (κ3) is 2.60. The first-order chi connectivity index (χ1) is 10.6. The topological polar surface area (TPSA) is 89.9 Å². The largest absolute Gasteiger partial charge is 0.428 e. The predicted octanol–water partition coefficient (Wildman–Crippen LogP) is 2.01. The zero-order chi connectivity index (χ0) is 15.6. The fourth-order valence-corrected chi connectivity index (χ4v) is 2.70. The zero-order valence-corrected chi connectivity index (χ0v) is 12.6. The summed E-state index contributed by atoms with van der Waals surface area (Å²) in [6.45, 7) is 1.95. The molecule has 2 unspecified atom stereocenters. The van der Waals surface area contributed by atoms with E-state index in [-0.39, 0.29) is 6.54 Å². The number of rotatable bonds is 5. The van der Waals surface area contributed by atoms with Gasteiger partial charge in [-0.2, -0.15) is 5.10 Å². The number of aromatic nitrogens is 5. The molecule has 114 valence electrons. The first kappa shape index (κ1) is 14.7. The van der Waals surface area contributed by atoms with Crippen LogP contribution in [0.4, 0.5) is 0 Å². The smallest absolute Gasteiger partial charge is 0.222 e. The highest BCUT2D eigenvalue weighted by Gasteiger charge is 2.41. The van der Waals surface area contributed by atoms with E-state index in [4.69, 9.17) is 16.0 Å². The van der Waals surface area contributed by atoms with Gasteiger partial charge in [-0.05, 0) is 6.07 Å². The van der Waals surface area contributed by atoms with E-state index in [1.807, 2.05) is 6.07 Å². The van der Waals surface area contributed by atoms with Crippen LogP contribution in [0.1, 0.15) is 24.3 Å². The van der Waals surface area contributed by atoms with Gasteiger partial charge in [0.15, 0.2) is 0 Å². The molecular formula is C14H14ClN5O2. The van der Waals surface area contributed by atoms with Crippen LogP contribution >= 0.6 is 11.6 Å². The average molecular weight is 320 g/mol. The van der Waals surface area contributed by atoms with E-state index in [0.29, 0.717) is 16.5 Å². The van der Waals surface area contributed by atoms with Gasteiger partial charge in [-0.1, -0.05) is 36.7 Å². The van der Waals surface area contributed by atoms with Gasteiger partial charge in [-0.25, -0.2) is 9.67 Å². The zero-order valence-electron chi connectivity index (χ0n) is 11.8. The Labute approximate surface area is 131 Å². The minimum Gasteiger partial charge on any atom is -0.428 e. The molecule has 8 heteroatoms. The molecular weight excluding hydrogens is 306 g/mol. The maximum Gasteiger partial charge on any atom is 0.222 e. The molecule has 0 aliphatic carbocycles. The number of aliphatic hydroxyl groups is 1. The van der Waals surface area contributed by atoms with Gasteiger partial charge in [0.05, 0.1) is 12.5 Å². The fraction of sp³-hybridized carbons (Fsp3) is 0.286. The molecule has 3 rings (SSSR count). The highest BCUT2D eigenvalue weighted by molar-refractivity contribution is 6.31. The molecule has 0 amide bonds. The molecule has 3 aromatic rings. The number of halogens is 1. The molecule has 0 spiro atoms. The fourth-order valence-electron chi connectivity index (χ4n) is 2.40. The maximum atomic E-state index is 11.4. The highest BCUT2D eigenvalue weighted by atomic mass is 35.5. The number of hydrogen-bond donors (Lipinski definition) is 1. The van der Waals surface area contributed by atoms with Crippen molar-refractivity contribution < 1.29 is 9.52 Å². The molecule has 2 atom stereocenters. The van der Waals surface area contributed by atoms with Crippen LogP contribution in [0.25, 0.3) is 0 Å². The average Bonchev–Trinajstić information content (AvgIpc) is 3.20. The standard InChI is InChI=1S/C14H14ClN5O2/c1-10(13-19-17-9-22-13)14(21,6-20-8-16-7-18-20)11-4-2-3-5-12(11)15/h2-5,7-10,21H,6H2,1H3. The van der Waals surface area contributed by atoms with Crippen molar-refractivity contribution in [2.75, 3.05) is 0 Å². The molecule has 0 aliphatic rings. The van der Waals surface area contributed by atoms with Gasteiger partial charge in [0.2, 0.25) is 12.3 Å². The molecule has 7 nitrogen and oxygen atoms in total. The Kier molecular flexibility index (Phi) is 3.91. The summed E-state index contributed by atoms with van der Waals surface area (Å²) < 4.78 is 6.79. The van der Waals surface area contributed by atoms with Crippen LogP contribution in [-0.2, 0) is 12.1 Å². The van der Waals surface area contributed by atoms with E-state index in [9.17, 15) is 5.11 Å². The van der Waals surface area contributed by atoms with Crippen LogP contribution in [0.15, 0.2) is 47.7 Å². The predicted molar refractivity (Wildman–Crippen MR) is 78.1 cm³/mol. The van der Waals surface area contributed by atoms with E-state index < -0.39 is 11.5 Å². The van der Waals surface area contributed by atoms with Crippen LogP contribution in [0.2, 0.25) is 5.02 Å². The molecule has 2 heterocycles. The SMILES string of the molecule is CC(c1nnco1)C(O)(Cn1cncn1)c1ccccc1Cl. The second-order valence-electron chi connectivity index (χ2n) is 5.00. The summed E-state index contributed by atoms with van der Waals surface area (Å²) in [5.41, 5.74) is -0.809. The third-order valence-electron chi connectivity index (χ3n) is 3.67. The Morgan fingerprint density at radius 2 is 2.23 bits per heavy atom. The summed E-state index contributed by atoms with van der Waals surface area (Å²) in [5, 5.41) is 23.5. The van der Waals surface area contributed by atoms with Gasteiger partial charge in [0.25, 0.3) is 0 Å². The van der Waals surface area contributed by atoms with Crippen molar-refractivity contribution in [1.82, 2.24) is 25.0 Å². The minimum absolute atomic E-state index is 0.153. The molecule has 0 fully saturated rings. The monoisotopic (exact) mass is 319 g/mol. The Morgan fingerprint density at radius 3 is 2.86 bits per heavy atom. The van der Waals surface area contributed by atoms with Crippen molar-refractivity contribution in [3.8, 4) is 0 Å². The lowest BCUT2D eigenvalue weighted by Gasteiger charge is -2.33. The Morgan fingerprint density at radius 1 is 1.41 bits per heavy atom. The van der Waals surface area contributed by atoms with Crippen molar-refractivity contribution >= 4 is 11.6 Å². The van der Waals surface area contributed by atoms with Gasteiger partial charge < -0.3 is 9.52 Å². The molecule has 1 aromatic carbocycles. The van der Waals surface area contributed by atoms with Gasteiger partial charge >= 0.3 is 0 Å². The summed E-state index contributed by atoms with van der Waals surface area (Å²) in [6, 6.07) is 7.11. The normalized spacial score (nSPS) is 15.4. The lowest BCUT2D eigenvalue weighted by atomic mass is 9.82. The first-order valence-electron chi connectivity index (χ1n) is 6.67. The second kappa shape index (κ2) is 5.86. The van der Waals surface area contributed by atoms with Crippen molar-refractivity contribution in [2.24, 2.45) is 0 Å². The van der Waals surface area contributed by atoms with Crippen LogP contribution in [0.5, 0.6) is 0 Å². The summed E-state index contributed by atoms with van der Waals surface area (Å²) in [7, 11) is 0. The summed E-state index contributed by atoms with van der Waals surface area (Å²) in [5.74, 6) is -0.165. The Balaban J connectivity index is 2.07. The molecule has 0 bridgehead atoms. The van der Waals surface area contributed by atoms with Crippen LogP contribution in [0, 0.1) is 0 Å². The summed E-state index contributed by atoms with van der Waals surface area (Å²) >= 11 is 6.28. The second-order valence-corrected chi connectivity index (χ2v) is 5.40. The van der Waals surface area contributed by atoms with Crippen LogP contribution < -0.4 is 0 Å². The lowest BCUT2D eigenvalue weighted by molar-refractivity contribution is -0.0151. The van der Waals surface area contributed by atoms with Crippen molar-refractivity contribution in [3.63, 3.8) is 0 Å². The summed E-state index contributed by atoms with van der Waals surface area (Å²) in [6.07, 6.45) is 4.17. The van der Waals surface area contributed by atoms with Crippen molar-refractivity contribution in [2.45, 2.75) is 25.0 Å². The van der Waals surface area contributed by atoms with Crippen molar-refractivity contribution in [1.29, 1.82) is 0 Å². The molecule has 0 aliphatic heterocycles. The third-order valence-corrected chi connectivity index (χ3v) is 4.00. The van der Waals surface area contributed by atoms with E-state index in [0.717, 1.165) is 0 Å². The summed E-state index contributed by atoms with van der Waals surface area (Å²) in [4.78, 5) is 3.90. The van der Waals surface area contributed by atoms with E-state index in [1.54, 1.807) is 25.1 Å². The van der Waals surface area contributed by atoms with E-state index >= 15 is 0 Å².